The Morgan fingerprint density at radius 3 is 2.55 bits per heavy atom. The lowest BCUT2D eigenvalue weighted by Gasteiger charge is -2.28. The Balaban J connectivity index is 1.98. The van der Waals surface area contributed by atoms with Gasteiger partial charge in [-0.25, -0.2) is 0 Å². The highest BCUT2D eigenvalue weighted by Gasteiger charge is 2.25. The summed E-state index contributed by atoms with van der Waals surface area (Å²) < 4.78 is 2.07. The lowest BCUT2D eigenvalue weighted by Crippen LogP contribution is -2.21. The second kappa shape index (κ2) is 5.56. The van der Waals surface area contributed by atoms with Crippen LogP contribution in [0.1, 0.15) is 51.1 Å². The number of nitrogens with two attached hydrogens (primary N) is 1. The van der Waals surface area contributed by atoms with E-state index < -0.39 is 5.60 Å². The number of hydrogen-bond donors (Lipinski definition) is 3. The molecule has 0 atom stereocenters. The highest BCUT2D eigenvalue weighted by atomic mass is 16.3. The van der Waals surface area contributed by atoms with Crippen molar-refractivity contribution >= 4 is 16.6 Å². The first-order valence-electron chi connectivity index (χ1n) is 8.00. The van der Waals surface area contributed by atoms with Crippen LogP contribution >= 0.6 is 0 Å². The number of nitrogen functional groups attached to an aromatic ring is 1. The number of aliphatic hydroxyl groups excluding tert-OH is 1. The Bertz CT molecular complexity index is 664. The number of aromatic nitrogens is 2. The molecule has 0 saturated heterocycles. The van der Waals surface area contributed by atoms with E-state index in [1.165, 1.54) is 0 Å². The maximum absolute atomic E-state index is 10.3. The van der Waals surface area contributed by atoms with Gasteiger partial charge in [0.2, 0.25) is 0 Å². The van der Waals surface area contributed by atoms with Gasteiger partial charge >= 0.3 is 0 Å². The summed E-state index contributed by atoms with van der Waals surface area (Å²) in [5.74, 6) is 0.431. The van der Waals surface area contributed by atoms with Crippen LogP contribution in [0.2, 0.25) is 0 Å². The molecule has 3 rings (SSSR count). The van der Waals surface area contributed by atoms with Crippen LogP contribution < -0.4 is 5.73 Å². The van der Waals surface area contributed by atoms with Gasteiger partial charge in [0.25, 0.3) is 0 Å². The van der Waals surface area contributed by atoms with E-state index in [0.717, 1.165) is 42.1 Å². The van der Waals surface area contributed by atoms with E-state index in [1.54, 1.807) is 13.8 Å². The zero-order valence-corrected chi connectivity index (χ0v) is 13.3. The summed E-state index contributed by atoms with van der Waals surface area (Å²) in [7, 11) is 0. The zero-order chi connectivity index (χ0) is 15.9. The van der Waals surface area contributed by atoms with Gasteiger partial charge in [0.15, 0.2) is 0 Å². The minimum Gasteiger partial charge on any atom is -0.398 e. The molecule has 22 heavy (non-hydrogen) atoms. The van der Waals surface area contributed by atoms with Crippen LogP contribution in [0, 0.1) is 5.92 Å². The molecule has 2 aromatic rings. The average Bonchev–Trinajstić information content (AvgIpc) is 2.88. The van der Waals surface area contributed by atoms with Gasteiger partial charge < -0.3 is 15.9 Å². The van der Waals surface area contributed by atoms with Crippen LogP contribution in [0.4, 0.5) is 5.69 Å². The predicted molar refractivity (Wildman–Crippen MR) is 87.5 cm³/mol. The summed E-state index contributed by atoms with van der Waals surface area (Å²) in [5.41, 5.74) is 7.47. The van der Waals surface area contributed by atoms with Gasteiger partial charge in [-0.05, 0) is 57.6 Å². The number of aliphatic hydroxyl groups is 2. The van der Waals surface area contributed by atoms with Crippen LogP contribution in [-0.2, 0) is 5.60 Å². The minimum absolute atomic E-state index is 0.284. The largest absolute Gasteiger partial charge is 0.398 e. The molecule has 0 radical (unpaired) electrons. The number of rotatable bonds is 3. The van der Waals surface area contributed by atoms with Crippen LogP contribution in [-0.4, -0.2) is 26.6 Å². The van der Waals surface area contributed by atoms with E-state index in [1.807, 2.05) is 18.3 Å². The molecule has 1 fully saturated rings. The summed E-state index contributed by atoms with van der Waals surface area (Å²) >= 11 is 0. The molecule has 1 aliphatic carbocycles. The maximum Gasteiger partial charge on any atom is 0.0861 e. The molecule has 5 nitrogen and oxygen atoms in total. The van der Waals surface area contributed by atoms with Crippen molar-refractivity contribution in [3.8, 4) is 0 Å². The Morgan fingerprint density at radius 1 is 1.27 bits per heavy atom. The molecule has 1 aromatic heterocycles. The van der Waals surface area contributed by atoms with Gasteiger partial charge in [0, 0.05) is 23.2 Å². The summed E-state index contributed by atoms with van der Waals surface area (Å²) in [6.45, 7) is 3.78. The Kier molecular flexibility index (Phi) is 3.87. The molecule has 1 aliphatic rings. The Morgan fingerprint density at radius 2 is 1.95 bits per heavy atom. The molecule has 1 aromatic carbocycles. The standard InChI is InChI=1S/C17H25N3O2/c1-17(2,22)14-8-16-12(7-15(14)18)9-19-20(16)13-5-3-11(10-21)4-6-13/h7-9,11,13,21-22H,3-6,10,18H2,1-2H3. The van der Waals surface area contributed by atoms with E-state index in [2.05, 4.69) is 9.78 Å². The minimum atomic E-state index is -0.970. The van der Waals surface area contributed by atoms with Crippen molar-refractivity contribution in [1.82, 2.24) is 9.78 Å². The van der Waals surface area contributed by atoms with E-state index in [0.29, 0.717) is 17.6 Å². The van der Waals surface area contributed by atoms with Crippen molar-refractivity contribution in [3.63, 3.8) is 0 Å². The Labute approximate surface area is 130 Å². The first-order valence-corrected chi connectivity index (χ1v) is 8.00. The molecular formula is C17H25N3O2. The quantitative estimate of drug-likeness (QED) is 0.761. The number of hydrogen-bond acceptors (Lipinski definition) is 4. The normalized spacial score (nSPS) is 23.1. The van der Waals surface area contributed by atoms with Gasteiger partial charge in [-0.15, -0.1) is 0 Å². The molecule has 120 valence electrons. The van der Waals surface area contributed by atoms with Crippen LogP contribution in [0.15, 0.2) is 18.3 Å². The number of nitrogens with zero attached hydrogens (tertiary/aromatic N) is 2. The van der Waals surface area contributed by atoms with E-state index >= 15 is 0 Å². The van der Waals surface area contributed by atoms with Gasteiger partial charge in [-0.3, -0.25) is 4.68 Å². The fourth-order valence-electron chi connectivity index (χ4n) is 3.50. The van der Waals surface area contributed by atoms with Gasteiger partial charge in [0.05, 0.1) is 23.4 Å². The molecule has 1 saturated carbocycles. The van der Waals surface area contributed by atoms with E-state index in [4.69, 9.17) is 5.73 Å². The van der Waals surface area contributed by atoms with Crippen LogP contribution in [0.3, 0.4) is 0 Å². The van der Waals surface area contributed by atoms with Gasteiger partial charge in [-0.2, -0.15) is 5.10 Å². The zero-order valence-electron chi connectivity index (χ0n) is 13.3. The molecule has 0 aliphatic heterocycles. The van der Waals surface area contributed by atoms with E-state index in [9.17, 15) is 10.2 Å². The SMILES string of the molecule is CC(C)(O)c1cc2c(cnn2C2CCC(CO)CC2)cc1N. The fraction of sp³-hybridized carbons (Fsp3) is 0.588. The highest BCUT2D eigenvalue weighted by molar-refractivity contribution is 5.84. The maximum atomic E-state index is 10.3. The van der Waals surface area contributed by atoms with Gasteiger partial charge in [0.1, 0.15) is 0 Å². The topological polar surface area (TPSA) is 84.3 Å². The summed E-state index contributed by atoms with van der Waals surface area (Å²) in [6, 6.07) is 4.22. The molecule has 0 bridgehead atoms. The highest BCUT2D eigenvalue weighted by Crippen LogP contribution is 2.36. The van der Waals surface area contributed by atoms with Crippen molar-refractivity contribution < 1.29 is 10.2 Å². The predicted octanol–water partition coefficient (Wildman–Crippen LogP) is 2.57. The molecule has 0 unspecified atom stereocenters. The molecule has 0 spiro atoms. The lowest BCUT2D eigenvalue weighted by atomic mass is 9.86. The van der Waals surface area contributed by atoms with Crippen LogP contribution in [0.25, 0.3) is 10.9 Å². The molecule has 5 heteroatoms. The Hall–Kier alpha value is -1.59. The number of fused-ring (bicyclic) bond motifs is 1. The fourth-order valence-corrected chi connectivity index (χ4v) is 3.50. The smallest absolute Gasteiger partial charge is 0.0861 e. The first-order chi connectivity index (χ1) is 10.4. The summed E-state index contributed by atoms with van der Waals surface area (Å²) in [6.07, 6.45) is 5.98. The molecule has 1 heterocycles. The summed E-state index contributed by atoms with van der Waals surface area (Å²) in [5, 5.41) is 25.1. The lowest BCUT2D eigenvalue weighted by molar-refractivity contribution is 0.0795. The third-order valence-corrected chi connectivity index (χ3v) is 4.85. The second-order valence-corrected chi connectivity index (χ2v) is 7.00. The average molecular weight is 303 g/mol. The van der Waals surface area contributed by atoms with E-state index in [-0.39, 0.29) is 6.61 Å². The second-order valence-electron chi connectivity index (χ2n) is 7.00. The third-order valence-electron chi connectivity index (χ3n) is 4.85. The van der Waals surface area contributed by atoms with Crippen molar-refractivity contribution in [2.24, 2.45) is 5.92 Å². The van der Waals surface area contributed by atoms with Crippen molar-refractivity contribution in [2.45, 2.75) is 51.2 Å². The number of anilines is 1. The first kappa shape index (κ1) is 15.3. The third kappa shape index (κ3) is 2.71. The molecule has 0 amide bonds. The van der Waals surface area contributed by atoms with Crippen molar-refractivity contribution in [1.29, 1.82) is 0 Å². The van der Waals surface area contributed by atoms with Gasteiger partial charge in [-0.1, -0.05) is 0 Å². The van der Waals surface area contributed by atoms with Crippen LogP contribution in [0.5, 0.6) is 0 Å². The summed E-state index contributed by atoms with van der Waals surface area (Å²) in [4.78, 5) is 0. The number of benzene rings is 1. The van der Waals surface area contributed by atoms with Crippen molar-refractivity contribution in [2.75, 3.05) is 12.3 Å². The van der Waals surface area contributed by atoms with Crippen molar-refractivity contribution in [3.05, 3.63) is 23.9 Å². The monoisotopic (exact) mass is 303 g/mol. The molecular weight excluding hydrogens is 278 g/mol. The molecule has 4 N–H and O–H groups in total.